The fourth-order valence-electron chi connectivity index (χ4n) is 2.88. The summed E-state index contributed by atoms with van der Waals surface area (Å²) in [7, 11) is 0. The Labute approximate surface area is 111 Å². The van der Waals surface area contributed by atoms with Crippen molar-refractivity contribution in [2.75, 3.05) is 5.73 Å². The van der Waals surface area contributed by atoms with E-state index < -0.39 is 0 Å². The van der Waals surface area contributed by atoms with E-state index in [1.807, 2.05) is 0 Å². The van der Waals surface area contributed by atoms with Gasteiger partial charge in [-0.2, -0.15) is 0 Å². The van der Waals surface area contributed by atoms with Crippen molar-refractivity contribution in [1.82, 2.24) is 5.16 Å². The molecule has 3 rings (SSSR count). The molecule has 1 aromatic heterocycles. The largest absolute Gasteiger partial charge is 0.367 e. The fraction of sp³-hybridized carbons (Fsp3) is 0.400. The van der Waals surface area contributed by atoms with Gasteiger partial charge in [0, 0.05) is 5.92 Å². The minimum atomic E-state index is -0.252. The lowest BCUT2D eigenvalue weighted by Gasteiger charge is -2.20. The summed E-state index contributed by atoms with van der Waals surface area (Å²) < 4.78 is 18.2. The number of hydrogen-bond donors (Lipinski definition) is 1. The summed E-state index contributed by atoms with van der Waals surface area (Å²) in [5.74, 6) is 0.486. The Morgan fingerprint density at radius 1 is 1.11 bits per heavy atom. The average Bonchev–Trinajstić information content (AvgIpc) is 2.83. The SMILES string of the molecule is Nc1onc(C2CCCCC2)c1-c1ccc(F)cc1. The highest BCUT2D eigenvalue weighted by Crippen LogP contribution is 2.40. The number of aromatic nitrogens is 1. The summed E-state index contributed by atoms with van der Waals surface area (Å²) in [6.07, 6.45) is 5.98. The van der Waals surface area contributed by atoms with Gasteiger partial charge >= 0.3 is 0 Å². The van der Waals surface area contributed by atoms with Crippen molar-refractivity contribution in [3.63, 3.8) is 0 Å². The second-order valence-electron chi connectivity index (χ2n) is 5.15. The van der Waals surface area contributed by atoms with Crippen molar-refractivity contribution in [2.45, 2.75) is 38.0 Å². The first-order valence-corrected chi connectivity index (χ1v) is 6.76. The van der Waals surface area contributed by atoms with Crippen molar-refractivity contribution in [3.05, 3.63) is 35.8 Å². The zero-order valence-electron chi connectivity index (χ0n) is 10.7. The maximum absolute atomic E-state index is 13.0. The number of nitrogen functional groups attached to an aromatic ring is 1. The lowest BCUT2D eigenvalue weighted by molar-refractivity contribution is 0.388. The molecule has 19 heavy (non-hydrogen) atoms. The molecule has 1 aromatic carbocycles. The monoisotopic (exact) mass is 260 g/mol. The number of nitrogens with zero attached hydrogens (tertiary/aromatic N) is 1. The molecule has 0 unspecified atom stereocenters. The molecule has 3 nitrogen and oxygen atoms in total. The molecule has 1 heterocycles. The van der Waals surface area contributed by atoms with E-state index in [0.717, 1.165) is 29.7 Å². The van der Waals surface area contributed by atoms with Gasteiger partial charge in [-0.05, 0) is 30.5 Å². The molecule has 1 saturated carbocycles. The molecule has 0 bridgehead atoms. The minimum Gasteiger partial charge on any atom is -0.367 e. The van der Waals surface area contributed by atoms with Crippen molar-refractivity contribution in [3.8, 4) is 11.1 Å². The van der Waals surface area contributed by atoms with Crippen LogP contribution in [-0.4, -0.2) is 5.16 Å². The highest BCUT2D eigenvalue weighted by Gasteiger charge is 2.25. The van der Waals surface area contributed by atoms with Crippen molar-refractivity contribution in [1.29, 1.82) is 0 Å². The Kier molecular flexibility index (Phi) is 3.23. The molecule has 2 aromatic rings. The molecule has 0 spiro atoms. The van der Waals surface area contributed by atoms with Crippen LogP contribution in [0.2, 0.25) is 0 Å². The first-order chi connectivity index (χ1) is 9.25. The van der Waals surface area contributed by atoms with Crippen LogP contribution in [0.3, 0.4) is 0 Å². The Balaban J connectivity index is 2.00. The van der Waals surface area contributed by atoms with E-state index >= 15 is 0 Å². The smallest absolute Gasteiger partial charge is 0.230 e. The highest BCUT2D eigenvalue weighted by molar-refractivity contribution is 5.75. The van der Waals surface area contributed by atoms with Crippen molar-refractivity contribution < 1.29 is 8.91 Å². The van der Waals surface area contributed by atoms with E-state index in [1.54, 1.807) is 12.1 Å². The van der Waals surface area contributed by atoms with Gasteiger partial charge < -0.3 is 10.3 Å². The molecule has 0 atom stereocenters. The quantitative estimate of drug-likeness (QED) is 0.884. The molecule has 1 aliphatic rings. The number of halogens is 1. The van der Waals surface area contributed by atoms with Crippen LogP contribution in [0.15, 0.2) is 28.8 Å². The zero-order valence-corrected chi connectivity index (χ0v) is 10.7. The van der Waals surface area contributed by atoms with Crippen LogP contribution in [-0.2, 0) is 0 Å². The Bertz CT molecular complexity index is 556. The predicted molar refractivity (Wildman–Crippen MR) is 72.1 cm³/mol. The maximum atomic E-state index is 13.0. The van der Waals surface area contributed by atoms with Crippen molar-refractivity contribution in [2.24, 2.45) is 0 Å². The topological polar surface area (TPSA) is 52.0 Å². The van der Waals surface area contributed by atoms with E-state index in [2.05, 4.69) is 5.16 Å². The third kappa shape index (κ3) is 2.35. The first-order valence-electron chi connectivity index (χ1n) is 6.76. The Hall–Kier alpha value is -1.84. The number of benzene rings is 1. The van der Waals surface area contributed by atoms with Gasteiger partial charge in [0.25, 0.3) is 0 Å². The van der Waals surface area contributed by atoms with Crippen molar-refractivity contribution >= 4 is 5.88 Å². The Morgan fingerprint density at radius 2 is 1.79 bits per heavy atom. The minimum absolute atomic E-state index is 0.252. The number of anilines is 1. The van der Waals surface area contributed by atoms with Gasteiger partial charge in [-0.25, -0.2) is 4.39 Å². The van der Waals surface area contributed by atoms with Crippen LogP contribution in [0.1, 0.15) is 43.7 Å². The van der Waals surface area contributed by atoms with E-state index in [0.29, 0.717) is 11.8 Å². The molecule has 1 fully saturated rings. The third-order valence-corrected chi connectivity index (χ3v) is 3.87. The lowest BCUT2D eigenvalue weighted by Crippen LogP contribution is -2.06. The van der Waals surface area contributed by atoms with Gasteiger partial charge in [-0.3, -0.25) is 0 Å². The molecule has 0 saturated heterocycles. The molecule has 100 valence electrons. The molecule has 4 heteroatoms. The van der Waals surface area contributed by atoms with E-state index in [4.69, 9.17) is 10.3 Å². The average molecular weight is 260 g/mol. The second kappa shape index (κ2) is 5.03. The summed E-state index contributed by atoms with van der Waals surface area (Å²) in [5, 5.41) is 4.14. The van der Waals surface area contributed by atoms with Crippen LogP contribution in [0.5, 0.6) is 0 Å². The van der Waals surface area contributed by atoms with E-state index in [-0.39, 0.29) is 5.82 Å². The summed E-state index contributed by atoms with van der Waals surface area (Å²) in [6, 6.07) is 6.33. The molecular weight excluding hydrogens is 243 g/mol. The molecule has 0 amide bonds. The maximum Gasteiger partial charge on any atom is 0.230 e. The first kappa shape index (κ1) is 12.2. The molecule has 0 radical (unpaired) electrons. The predicted octanol–water partition coefficient (Wildman–Crippen LogP) is 4.11. The summed E-state index contributed by atoms with van der Waals surface area (Å²) in [4.78, 5) is 0. The van der Waals surface area contributed by atoms with Crippen LogP contribution < -0.4 is 5.73 Å². The molecule has 2 N–H and O–H groups in total. The Morgan fingerprint density at radius 3 is 2.47 bits per heavy atom. The number of hydrogen-bond acceptors (Lipinski definition) is 3. The van der Waals surface area contributed by atoms with Crippen LogP contribution in [0.25, 0.3) is 11.1 Å². The lowest BCUT2D eigenvalue weighted by atomic mass is 9.84. The molecular formula is C15H17FN2O. The van der Waals surface area contributed by atoms with Gasteiger partial charge in [0.05, 0.1) is 11.3 Å². The van der Waals surface area contributed by atoms with Gasteiger partial charge in [-0.1, -0.05) is 36.6 Å². The summed E-state index contributed by atoms with van der Waals surface area (Å²) >= 11 is 0. The normalized spacial score (nSPS) is 16.7. The van der Waals surface area contributed by atoms with Gasteiger partial charge in [0.15, 0.2) is 0 Å². The standard InChI is InChI=1S/C15H17FN2O/c16-12-8-6-10(7-9-12)13-14(18-19-15(13)17)11-4-2-1-3-5-11/h6-9,11H,1-5,17H2. The van der Waals surface area contributed by atoms with E-state index in [1.165, 1.54) is 31.4 Å². The third-order valence-electron chi connectivity index (χ3n) is 3.87. The molecule has 1 aliphatic carbocycles. The van der Waals surface area contributed by atoms with E-state index in [9.17, 15) is 4.39 Å². The summed E-state index contributed by atoms with van der Waals surface area (Å²) in [5.41, 5.74) is 8.54. The highest BCUT2D eigenvalue weighted by atomic mass is 19.1. The van der Waals surface area contributed by atoms with Crippen LogP contribution in [0.4, 0.5) is 10.3 Å². The van der Waals surface area contributed by atoms with Gasteiger partial charge in [0.2, 0.25) is 5.88 Å². The van der Waals surface area contributed by atoms with Gasteiger partial charge in [-0.15, -0.1) is 0 Å². The fourth-order valence-corrected chi connectivity index (χ4v) is 2.88. The number of rotatable bonds is 2. The van der Waals surface area contributed by atoms with Crippen LogP contribution >= 0.6 is 0 Å². The van der Waals surface area contributed by atoms with Crippen LogP contribution in [0, 0.1) is 5.82 Å². The zero-order chi connectivity index (χ0) is 13.2. The molecule has 0 aliphatic heterocycles. The second-order valence-corrected chi connectivity index (χ2v) is 5.15. The van der Waals surface area contributed by atoms with Gasteiger partial charge in [0.1, 0.15) is 5.82 Å². The summed E-state index contributed by atoms with van der Waals surface area (Å²) in [6.45, 7) is 0. The number of nitrogens with two attached hydrogens (primary N) is 1.